The van der Waals surface area contributed by atoms with Gasteiger partial charge in [0.15, 0.2) is 11.5 Å². The first-order chi connectivity index (χ1) is 15.8. The normalized spacial score (nSPS) is 10.6. The molecule has 0 unspecified atom stereocenters. The number of methoxy groups -OCH3 is 3. The molecule has 1 amide bonds. The van der Waals surface area contributed by atoms with Gasteiger partial charge >= 0.3 is 11.9 Å². The first kappa shape index (κ1) is 26.1. The van der Waals surface area contributed by atoms with Gasteiger partial charge in [0.2, 0.25) is 5.91 Å². The van der Waals surface area contributed by atoms with Crippen LogP contribution in [-0.2, 0) is 20.8 Å². The lowest BCUT2D eigenvalue weighted by atomic mass is 10.1. The number of esters is 2. The number of rotatable bonds is 11. The molecule has 2 rings (SSSR count). The summed E-state index contributed by atoms with van der Waals surface area (Å²) in [5, 5.41) is 3.00. The Balaban J connectivity index is 2.17. The van der Waals surface area contributed by atoms with Crippen LogP contribution in [0.3, 0.4) is 0 Å². The van der Waals surface area contributed by atoms with E-state index in [1.807, 2.05) is 36.9 Å². The van der Waals surface area contributed by atoms with Crippen molar-refractivity contribution in [2.75, 3.05) is 46.3 Å². The van der Waals surface area contributed by atoms with Crippen LogP contribution in [0.2, 0.25) is 0 Å². The Morgan fingerprint density at radius 3 is 2.30 bits per heavy atom. The second-order valence-corrected chi connectivity index (χ2v) is 8.03. The Morgan fingerprint density at radius 1 is 1.03 bits per heavy atom. The van der Waals surface area contributed by atoms with Crippen LogP contribution in [0.25, 0.3) is 0 Å². The third-order valence-electron chi connectivity index (χ3n) is 4.91. The number of nitrogens with one attached hydrogen (secondary N) is 1. The highest BCUT2D eigenvalue weighted by Gasteiger charge is 2.27. The first-order valence-electron chi connectivity index (χ1n) is 10.4. The summed E-state index contributed by atoms with van der Waals surface area (Å²) in [6.45, 7) is 7.20. The summed E-state index contributed by atoms with van der Waals surface area (Å²) in [5.41, 5.74) is 1.51. The zero-order valence-electron chi connectivity index (χ0n) is 19.8. The van der Waals surface area contributed by atoms with Crippen molar-refractivity contribution >= 4 is 34.2 Å². The minimum Gasteiger partial charge on any atom is -0.493 e. The maximum Gasteiger partial charge on any atom is 0.348 e. The van der Waals surface area contributed by atoms with Gasteiger partial charge < -0.3 is 24.3 Å². The summed E-state index contributed by atoms with van der Waals surface area (Å²) < 4.78 is 20.6. The third kappa shape index (κ3) is 6.45. The van der Waals surface area contributed by atoms with Gasteiger partial charge in [-0.15, -0.1) is 11.3 Å². The number of benzene rings is 1. The summed E-state index contributed by atoms with van der Waals surface area (Å²) in [7, 11) is 4.08. The molecule has 180 valence electrons. The van der Waals surface area contributed by atoms with Crippen LogP contribution < -0.4 is 14.8 Å². The van der Waals surface area contributed by atoms with E-state index in [2.05, 4.69) is 5.32 Å². The molecule has 0 fully saturated rings. The van der Waals surface area contributed by atoms with Crippen molar-refractivity contribution in [1.29, 1.82) is 0 Å². The minimum atomic E-state index is -0.636. The van der Waals surface area contributed by atoms with Crippen molar-refractivity contribution in [3.8, 4) is 11.5 Å². The molecular formula is C23H30N2O7S. The number of nitrogens with zero attached hydrogens (tertiary/aromatic N) is 1. The molecule has 10 heteroatoms. The highest BCUT2D eigenvalue weighted by molar-refractivity contribution is 7.18. The highest BCUT2D eigenvalue weighted by atomic mass is 32.1. The molecule has 33 heavy (non-hydrogen) atoms. The first-order valence-corrected chi connectivity index (χ1v) is 11.2. The maximum absolute atomic E-state index is 12.8. The minimum absolute atomic E-state index is 0.0805. The Labute approximate surface area is 197 Å². The van der Waals surface area contributed by atoms with Crippen LogP contribution in [0.5, 0.6) is 11.5 Å². The lowest BCUT2D eigenvalue weighted by molar-refractivity contribution is -0.117. The van der Waals surface area contributed by atoms with Gasteiger partial charge in [-0.1, -0.05) is 13.0 Å². The maximum atomic E-state index is 12.8. The van der Waals surface area contributed by atoms with Gasteiger partial charge in [0.1, 0.15) is 9.88 Å². The molecule has 9 nitrogen and oxygen atoms in total. The Kier molecular flexibility index (Phi) is 9.68. The molecule has 0 spiro atoms. The Morgan fingerprint density at radius 2 is 1.73 bits per heavy atom. The zero-order chi connectivity index (χ0) is 24.5. The van der Waals surface area contributed by atoms with E-state index in [0.717, 1.165) is 16.9 Å². The predicted octanol–water partition coefficient (Wildman–Crippen LogP) is 3.50. The fourth-order valence-corrected chi connectivity index (χ4v) is 4.36. The van der Waals surface area contributed by atoms with Gasteiger partial charge in [0.25, 0.3) is 0 Å². The molecule has 0 saturated carbocycles. The average molecular weight is 479 g/mol. The number of carbonyl (C=O) groups excluding carboxylic acids is 3. The Hall–Kier alpha value is -3.11. The molecule has 1 heterocycles. The largest absolute Gasteiger partial charge is 0.493 e. The van der Waals surface area contributed by atoms with E-state index in [-0.39, 0.29) is 27.9 Å². The molecule has 1 aromatic heterocycles. The van der Waals surface area contributed by atoms with Crippen molar-refractivity contribution in [2.24, 2.45) is 0 Å². The van der Waals surface area contributed by atoms with Crippen LogP contribution in [-0.4, -0.2) is 63.8 Å². The van der Waals surface area contributed by atoms with Crippen molar-refractivity contribution in [1.82, 2.24) is 4.90 Å². The van der Waals surface area contributed by atoms with Crippen molar-refractivity contribution in [2.45, 2.75) is 27.3 Å². The lowest BCUT2D eigenvalue weighted by Gasteiger charge is -2.20. The predicted molar refractivity (Wildman–Crippen MR) is 125 cm³/mol. The fourth-order valence-electron chi connectivity index (χ4n) is 3.23. The average Bonchev–Trinajstić information content (AvgIpc) is 3.13. The van der Waals surface area contributed by atoms with Gasteiger partial charge in [-0.25, -0.2) is 9.59 Å². The van der Waals surface area contributed by atoms with E-state index in [0.29, 0.717) is 36.8 Å². The summed E-state index contributed by atoms with van der Waals surface area (Å²) in [5.74, 6) is -0.250. The lowest BCUT2D eigenvalue weighted by Crippen LogP contribution is -2.32. The molecule has 0 aliphatic heterocycles. The number of amides is 1. The van der Waals surface area contributed by atoms with E-state index >= 15 is 0 Å². The van der Waals surface area contributed by atoms with Gasteiger partial charge in [0.05, 0.1) is 40.0 Å². The second kappa shape index (κ2) is 12.2. The van der Waals surface area contributed by atoms with Gasteiger partial charge in [-0.3, -0.25) is 9.69 Å². The summed E-state index contributed by atoms with van der Waals surface area (Å²) in [4.78, 5) is 39.3. The SMILES string of the molecule is CCOc1ccc(CN(CC)CC(=O)Nc2sc(C(=O)OC)c(C)c2C(=O)OC)cc1OC. The molecule has 0 saturated heterocycles. The molecule has 1 aromatic carbocycles. The van der Waals surface area contributed by atoms with E-state index in [4.69, 9.17) is 18.9 Å². The molecule has 0 atom stereocenters. The highest BCUT2D eigenvalue weighted by Crippen LogP contribution is 2.34. The van der Waals surface area contributed by atoms with Gasteiger partial charge in [0, 0.05) is 6.54 Å². The van der Waals surface area contributed by atoms with Crippen LogP contribution >= 0.6 is 11.3 Å². The molecule has 0 bridgehead atoms. The number of thiophene rings is 1. The molecule has 0 aliphatic rings. The van der Waals surface area contributed by atoms with Crippen molar-refractivity contribution < 1.29 is 33.3 Å². The van der Waals surface area contributed by atoms with Gasteiger partial charge in [-0.05, 0) is 43.7 Å². The fraction of sp³-hybridized carbons (Fsp3) is 0.435. The number of likely N-dealkylation sites (N-methyl/N-ethyl adjacent to an activating group) is 1. The zero-order valence-corrected chi connectivity index (χ0v) is 20.6. The monoisotopic (exact) mass is 478 g/mol. The quantitative estimate of drug-likeness (QED) is 0.490. The van der Waals surface area contributed by atoms with E-state index < -0.39 is 11.9 Å². The van der Waals surface area contributed by atoms with Crippen LogP contribution in [0.15, 0.2) is 18.2 Å². The molecule has 0 aliphatic carbocycles. The Bertz CT molecular complexity index is 1000. The van der Waals surface area contributed by atoms with E-state index in [1.54, 1.807) is 14.0 Å². The number of carbonyl (C=O) groups is 3. The van der Waals surface area contributed by atoms with Gasteiger partial charge in [-0.2, -0.15) is 0 Å². The molecule has 0 radical (unpaired) electrons. The number of hydrogen-bond donors (Lipinski definition) is 1. The second-order valence-electron chi connectivity index (χ2n) is 7.01. The van der Waals surface area contributed by atoms with Crippen LogP contribution in [0.1, 0.15) is 45.0 Å². The molecular weight excluding hydrogens is 448 g/mol. The standard InChI is InChI=1S/C23H30N2O7S/c1-7-25(12-15-9-10-16(32-8-2)17(11-15)29-4)13-18(26)24-21-19(22(27)30-5)14(3)20(33-21)23(28)31-6/h9-11H,7-8,12-13H2,1-6H3,(H,24,26). The number of hydrogen-bond acceptors (Lipinski definition) is 9. The molecule has 2 aromatic rings. The van der Waals surface area contributed by atoms with E-state index in [9.17, 15) is 14.4 Å². The summed E-state index contributed by atoms with van der Waals surface area (Å²) >= 11 is 0.984. The topological polar surface area (TPSA) is 103 Å². The van der Waals surface area contributed by atoms with Crippen LogP contribution in [0.4, 0.5) is 5.00 Å². The van der Waals surface area contributed by atoms with E-state index in [1.165, 1.54) is 14.2 Å². The third-order valence-corrected chi connectivity index (χ3v) is 6.10. The van der Waals surface area contributed by atoms with Crippen LogP contribution in [0, 0.1) is 6.92 Å². The van der Waals surface area contributed by atoms with Crippen molar-refractivity contribution in [3.05, 3.63) is 39.8 Å². The number of anilines is 1. The smallest absolute Gasteiger partial charge is 0.348 e. The summed E-state index contributed by atoms with van der Waals surface area (Å²) in [6, 6.07) is 5.65. The summed E-state index contributed by atoms with van der Waals surface area (Å²) in [6.07, 6.45) is 0. The van der Waals surface area contributed by atoms with Crippen molar-refractivity contribution in [3.63, 3.8) is 0 Å². The molecule has 1 N–H and O–H groups in total. The number of ether oxygens (including phenoxy) is 4.